The Labute approximate surface area is 175 Å². The van der Waals surface area contributed by atoms with Gasteiger partial charge in [0.15, 0.2) is 0 Å². The normalized spacial score (nSPS) is 12.0. The summed E-state index contributed by atoms with van der Waals surface area (Å²) < 4.78 is 5.53. The molecule has 152 valence electrons. The van der Waals surface area contributed by atoms with E-state index in [4.69, 9.17) is 10.5 Å². The first-order valence-electron chi connectivity index (χ1n) is 9.87. The highest BCUT2D eigenvalue weighted by molar-refractivity contribution is 5.95. The third-order valence-corrected chi connectivity index (χ3v) is 5.17. The van der Waals surface area contributed by atoms with Crippen molar-refractivity contribution in [1.29, 1.82) is 0 Å². The summed E-state index contributed by atoms with van der Waals surface area (Å²) in [6.45, 7) is 1.05. The van der Waals surface area contributed by atoms with Gasteiger partial charge in [0, 0.05) is 30.3 Å². The first kappa shape index (κ1) is 19.7. The van der Waals surface area contributed by atoms with E-state index in [1.54, 1.807) is 24.3 Å². The fourth-order valence-electron chi connectivity index (χ4n) is 3.75. The molecule has 0 radical (unpaired) electrons. The third kappa shape index (κ3) is 4.04. The summed E-state index contributed by atoms with van der Waals surface area (Å²) in [5, 5.41) is 5.41. The van der Waals surface area contributed by atoms with E-state index in [2.05, 4.69) is 34.9 Å². The molecule has 6 heteroatoms. The summed E-state index contributed by atoms with van der Waals surface area (Å²) in [7, 11) is 0. The highest BCUT2D eigenvalue weighted by Gasteiger charge is 2.28. The van der Waals surface area contributed by atoms with Crippen LogP contribution in [0.15, 0.2) is 72.8 Å². The Bertz CT molecular complexity index is 1020. The Balaban J connectivity index is 1.38. The summed E-state index contributed by atoms with van der Waals surface area (Å²) in [6.07, 6.45) is -0.530. The summed E-state index contributed by atoms with van der Waals surface area (Å²) in [6, 6.07) is 23.0. The number of nitrogens with two attached hydrogens (primary N) is 1. The van der Waals surface area contributed by atoms with Crippen molar-refractivity contribution in [2.75, 3.05) is 25.0 Å². The number of benzene rings is 3. The van der Waals surface area contributed by atoms with E-state index in [0.29, 0.717) is 24.3 Å². The molecule has 4 N–H and O–H groups in total. The molecule has 2 amide bonds. The average Bonchev–Trinajstić information content (AvgIpc) is 3.10. The third-order valence-electron chi connectivity index (χ3n) is 5.17. The molecule has 4 rings (SSSR count). The molecule has 3 aromatic carbocycles. The van der Waals surface area contributed by atoms with E-state index >= 15 is 0 Å². The molecule has 30 heavy (non-hydrogen) atoms. The van der Waals surface area contributed by atoms with Gasteiger partial charge in [-0.3, -0.25) is 10.1 Å². The predicted octanol–water partition coefficient (Wildman–Crippen LogP) is 3.74. The van der Waals surface area contributed by atoms with Gasteiger partial charge in [0.1, 0.15) is 6.61 Å². The lowest BCUT2D eigenvalue weighted by Crippen LogP contribution is -2.28. The number of ether oxygens (including phenoxy) is 1. The van der Waals surface area contributed by atoms with Crippen LogP contribution >= 0.6 is 0 Å². The number of fused-ring (bicyclic) bond motifs is 3. The standard InChI is InChI=1S/C24H23N3O3/c25-13-14-26-23(28)16-9-11-17(12-10-16)27-24(29)30-15-22-20-7-3-1-5-18(20)19-6-2-4-8-21(19)22/h1-12,22H,13-15,25H2,(H,26,28)(H,27,29). The molecular weight excluding hydrogens is 378 g/mol. The predicted molar refractivity (Wildman–Crippen MR) is 117 cm³/mol. The molecule has 1 aliphatic rings. The van der Waals surface area contributed by atoms with Gasteiger partial charge in [-0.25, -0.2) is 4.79 Å². The first-order chi connectivity index (χ1) is 14.7. The van der Waals surface area contributed by atoms with E-state index in [1.807, 2.05) is 24.3 Å². The fraction of sp³-hybridized carbons (Fsp3) is 0.167. The molecule has 0 aliphatic heterocycles. The molecule has 3 aromatic rings. The van der Waals surface area contributed by atoms with E-state index in [1.165, 1.54) is 22.3 Å². The number of anilines is 1. The lowest BCUT2D eigenvalue weighted by atomic mass is 9.98. The Hall–Kier alpha value is -3.64. The first-order valence-corrected chi connectivity index (χ1v) is 9.87. The van der Waals surface area contributed by atoms with Crippen molar-refractivity contribution in [3.05, 3.63) is 89.5 Å². The van der Waals surface area contributed by atoms with Crippen molar-refractivity contribution in [2.45, 2.75) is 5.92 Å². The molecule has 0 saturated carbocycles. The van der Waals surface area contributed by atoms with E-state index in [-0.39, 0.29) is 18.4 Å². The van der Waals surface area contributed by atoms with Crippen molar-refractivity contribution in [3.8, 4) is 11.1 Å². The second-order valence-electron chi connectivity index (χ2n) is 7.07. The monoisotopic (exact) mass is 401 g/mol. The number of carbonyl (C=O) groups excluding carboxylic acids is 2. The van der Waals surface area contributed by atoms with Crippen molar-refractivity contribution < 1.29 is 14.3 Å². The van der Waals surface area contributed by atoms with Gasteiger partial charge in [0.05, 0.1) is 0 Å². The minimum atomic E-state index is -0.530. The van der Waals surface area contributed by atoms with Crippen LogP contribution in [-0.2, 0) is 4.74 Å². The van der Waals surface area contributed by atoms with Crippen LogP contribution in [0.2, 0.25) is 0 Å². The Kier molecular flexibility index (Phi) is 5.77. The number of rotatable bonds is 6. The number of amides is 2. The molecule has 0 atom stereocenters. The molecule has 6 nitrogen and oxygen atoms in total. The van der Waals surface area contributed by atoms with Gasteiger partial charge in [-0.15, -0.1) is 0 Å². The number of carbonyl (C=O) groups is 2. The van der Waals surface area contributed by atoms with Gasteiger partial charge in [0.25, 0.3) is 5.91 Å². The number of hydrogen-bond donors (Lipinski definition) is 3. The van der Waals surface area contributed by atoms with Gasteiger partial charge >= 0.3 is 6.09 Å². The zero-order chi connectivity index (χ0) is 20.9. The van der Waals surface area contributed by atoms with Gasteiger partial charge in [-0.1, -0.05) is 48.5 Å². The van der Waals surface area contributed by atoms with E-state index in [0.717, 1.165) is 0 Å². The molecule has 0 bridgehead atoms. The Morgan fingerprint density at radius 2 is 1.47 bits per heavy atom. The van der Waals surface area contributed by atoms with Crippen LogP contribution in [0.3, 0.4) is 0 Å². The van der Waals surface area contributed by atoms with Crippen molar-refractivity contribution in [3.63, 3.8) is 0 Å². The van der Waals surface area contributed by atoms with Crippen LogP contribution in [0, 0.1) is 0 Å². The van der Waals surface area contributed by atoms with Crippen molar-refractivity contribution in [1.82, 2.24) is 5.32 Å². The summed E-state index contributed by atoms with van der Waals surface area (Å²) in [5.41, 5.74) is 11.1. The van der Waals surface area contributed by atoms with Crippen LogP contribution in [0.4, 0.5) is 10.5 Å². The van der Waals surface area contributed by atoms with Crippen LogP contribution in [0.25, 0.3) is 11.1 Å². The zero-order valence-corrected chi connectivity index (χ0v) is 16.4. The highest BCUT2D eigenvalue weighted by atomic mass is 16.5. The molecule has 0 unspecified atom stereocenters. The second kappa shape index (κ2) is 8.80. The Morgan fingerprint density at radius 1 is 0.867 bits per heavy atom. The fourth-order valence-corrected chi connectivity index (χ4v) is 3.75. The van der Waals surface area contributed by atoms with Gasteiger partial charge < -0.3 is 15.8 Å². The Morgan fingerprint density at radius 3 is 2.07 bits per heavy atom. The van der Waals surface area contributed by atoms with Crippen molar-refractivity contribution in [2.24, 2.45) is 5.73 Å². The SMILES string of the molecule is NCCNC(=O)c1ccc(NC(=O)OCC2c3ccccc3-c3ccccc32)cc1. The summed E-state index contributed by atoms with van der Waals surface area (Å²) >= 11 is 0. The quantitative estimate of drug-likeness (QED) is 0.587. The number of nitrogens with one attached hydrogen (secondary N) is 2. The van der Waals surface area contributed by atoms with Crippen LogP contribution in [0.1, 0.15) is 27.4 Å². The maximum Gasteiger partial charge on any atom is 0.411 e. The molecule has 0 aromatic heterocycles. The average molecular weight is 401 g/mol. The van der Waals surface area contributed by atoms with Gasteiger partial charge in [0.2, 0.25) is 0 Å². The molecule has 0 spiro atoms. The molecular formula is C24H23N3O3. The summed E-state index contributed by atoms with van der Waals surface area (Å²) in [5.74, 6) is -0.190. The smallest absolute Gasteiger partial charge is 0.411 e. The largest absolute Gasteiger partial charge is 0.448 e. The van der Waals surface area contributed by atoms with E-state index in [9.17, 15) is 9.59 Å². The van der Waals surface area contributed by atoms with Crippen molar-refractivity contribution >= 4 is 17.7 Å². The maximum atomic E-state index is 12.3. The minimum Gasteiger partial charge on any atom is -0.448 e. The van der Waals surface area contributed by atoms with E-state index < -0.39 is 6.09 Å². The topological polar surface area (TPSA) is 93.5 Å². The molecule has 0 fully saturated rings. The van der Waals surface area contributed by atoms with Crippen LogP contribution < -0.4 is 16.4 Å². The lowest BCUT2D eigenvalue weighted by Gasteiger charge is -2.14. The van der Waals surface area contributed by atoms with Gasteiger partial charge in [-0.05, 0) is 46.5 Å². The maximum absolute atomic E-state index is 12.3. The zero-order valence-electron chi connectivity index (χ0n) is 16.4. The second-order valence-corrected chi connectivity index (χ2v) is 7.07. The van der Waals surface area contributed by atoms with Gasteiger partial charge in [-0.2, -0.15) is 0 Å². The number of hydrogen-bond acceptors (Lipinski definition) is 4. The summed E-state index contributed by atoms with van der Waals surface area (Å²) in [4.78, 5) is 24.2. The molecule has 0 saturated heterocycles. The molecule has 0 heterocycles. The van der Waals surface area contributed by atoms with Crippen LogP contribution in [0.5, 0.6) is 0 Å². The minimum absolute atomic E-state index is 0.0109. The van der Waals surface area contributed by atoms with Crippen LogP contribution in [-0.4, -0.2) is 31.7 Å². The lowest BCUT2D eigenvalue weighted by molar-refractivity contribution is 0.0954. The molecule has 1 aliphatic carbocycles. The highest BCUT2D eigenvalue weighted by Crippen LogP contribution is 2.44.